The van der Waals surface area contributed by atoms with Crippen LogP contribution in [0.1, 0.15) is 23.8 Å². The first kappa shape index (κ1) is 20.9. The van der Waals surface area contributed by atoms with Crippen molar-refractivity contribution in [3.8, 4) is 0 Å². The number of halogens is 1. The van der Waals surface area contributed by atoms with Gasteiger partial charge in [0, 0.05) is 38.1 Å². The number of hydrogen-bond acceptors (Lipinski definition) is 6. The van der Waals surface area contributed by atoms with Crippen LogP contribution in [0.3, 0.4) is 0 Å². The van der Waals surface area contributed by atoms with Crippen LogP contribution >= 0.6 is 22.9 Å². The number of aryl methyl sites for hydroxylation is 1. The Morgan fingerprint density at radius 3 is 2.69 bits per heavy atom. The fourth-order valence-corrected chi connectivity index (χ4v) is 5.51. The lowest BCUT2D eigenvalue weighted by Gasteiger charge is -2.31. The number of nitrogens with zero attached hydrogens (tertiary/aromatic N) is 6. The average Bonchev–Trinajstić information content (AvgIpc) is 3.40. The molecule has 166 valence electrons. The molecule has 1 saturated heterocycles. The summed E-state index contributed by atoms with van der Waals surface area (Å²) in [6, 6.07) is 5.75. The van der Waals surface area contributed by atoms with Gasteiger partial charge in [-0.05, 0) is 31.0 Å². The quantitative estimate of drug-likeness (QED) is 0.455. The third kappa shape index (κ3) is 3.43. The zero-order chi connectivity index (χ0) is 22.6. The third-order valence-electron chi connectivity index (χ3n) is 6.09. The zero-order valence-corrected chi connectivity index (χ0v) is 19.2. The molecule has 0 aliphatic carbocycles. The van der Waals surface area contributed by atoms with Crippen molar-refractivity contribution in [3.63, 3.8) is 0 Å². The Morgan fingerprint density at radius 2 is 1.94 bits per heavy atom. The first-order chi connectivity index (χ1) is 15.3. The smallest absolute Gasteiger partial charge is 0.332 e. The number of fused-ring (bicyclic) bond motifs is 2. The van der Waals surface area contributed by atoms with Crippen molar-refractivity contribution in [2.24, 2.45) is 14.1 Å². The molecule has 11 heteroatoms. The van der Waals surface area contributed by atoms with Gasteiger partial charge < -0.3 is 9.47 Å². The van der Waals surface area contributed by atoms with E-state index in [1.165, 1.54) is 22.5 Å². The molecule has 0 saturated carbocycles. The van der Waals surface area contributed by atoms with Gasteiger partial charge in [-0.15, -0.1) is 11.3 Å². The number of hydrogen-bond donors (Lipinski definition) is 0. The van der Waals surface area contributed by atoms with Crippen molar-refractivity contribution in [1.29, 1.82) is 0 Å². The van der Waals surface area contributed by atoms with Crippen LogP contribution in [0.15, 0.2) is 34.1 Å². The van der Waals surface area contributed by atoms with Crippen LogP contribution in [0.2, 0.25) is 5.02 Å². The molecule has 1 amide bonds. The monoisotopic (exact) mass is 472 g/mol. The molecule has 4 aromatic rings. The summed E-state index contributed by atoms with van der Waals surface area (Å²) in [4.78, 5) is 48.4. The number of thiazole rings is 1. The van der Waals surface area contributed by atoms with Crippen molar-refractivity contribution in [2.75, 3.05) is 13.1 Å². The van der Waals surface area contributed by atoms with E-state index in [1.807, 2.05) is 23.1 Å². The number of carbonyl (C=O) groups is 1. The fraction of sp³-hybridized carbons (Fsp3) is 0.381. The number of benzene rings is 1. The Kier molecular flexibility index (Phi) is 5.13. The summed E-state index contributed by atoms with van der Waals surface area (Å²) in [5.74, 6) is 0.237. The highest BCUT2D eigenvalue weighted by Crippen LogP contribution is 2.34. The van der Waals surface area contributed by atoms with Crippen LogP contribution in [0.4, 0.5) is 0 Å². The first-order valence-electron chi connectivity index (χ1n) is 10.3. The molecule has 0 unspecified atom stereocenters. The Bertz CT molecular complexity index is 1470. The summed E-state index contributed by atoms with van der Waals surface area (Å²) in [6.45, 7) is 1.26. The maximum absolute atomic E-state index is 13.0. The molecule has 32 heavy (non-hydrogen) atoms. The predicted molar refractivity (Wildman–Crippen MR) is 123 cm³/mol. The van der Waals surface area contributed by atoms with Crippen molar-refractivity contribution < 1.29 is 4.79 Å². The third-order valence-corrected chi connectivity index (χ3v) is 7.52. The van der Waals surface area contributed by atoms with Crippen molar-refractivity contribution in [1.82, 2.24) is 28.6 Å². The van der Waals surface area contributed by atoms with Crippen molar-refractivity contribution in [2.45, 2.75) is 25.3 Å². The Hall–Kier alpha value is -2.98. The molecule has 1 fully saturated rings. The van der Waals surface area contributed by atoms with Crippen LogP contribution in [0, 0.1) is 0 Å². The molecule has 0 N–H and O–H groups in total. The minimum absolute atomic E-state index is 0.00818. The average molecular weight is 473 g/mol. The molecule has 5 rings (SSSR count). The Balaban J connectivity index is 1.31. The Labute approximate surface area is 191 Å². The maximum Gasteiger partial charge on any atom is 0.332 e. The first-order valence-corrected chi connectivity index (χ1v) is 11.5. The van der Waals surface area contributed by atoms with Crippen LogP contribution in [-0.2, 0) is 25.4 Å². The highest BCUT2D eigenvalue weighted by Gasteiger charge is 2.27. The zero-order valence-electron chi connectivity index (χ0n) is 17.6. The highest BCUT2D eigenvalue weighted by atomic mass is 35.5. The fourth-order valence-electron chi connectivity index (χ4n) is 4.23. The largest absolute Gasteiger partial charge is 0.341 e. The number of carbonyl (C=O) groups excluding carboxylic acids is 1. The van der Waals surface area contributed by atoms with Crippen LogP contribution in [-0.4, -0.2) is 47.6 Å². The van der Waals surface area contributed by atoms with Gasteiger partial charge in [-0.3, -0.25) is 18.7 Å². The van der Waals surface area contributed by atoms with Gasteiger partial charge in [-0.25, -0.2) is 14.8 Å². The van der Waals surface area contributed by atoms with E-state index >= 15 is 0 Å². The molecule has 1 aliphatic heterocycles. The van der Waals surface area contributed by atoms with Gasteiger partial charge in [0.2, 0.25) is 5.91 Å². The maximum atomic E-state index is 13.0. The number of imidazole rings is 1. The standard InChI is InChI=1S/C21H21ClN6O3S/c1-25-18-17(20(30)26(2)21(25)31)28(11-23-18)10-16(29)27-7-5-12(6-8-27)19-24-14-9-13(22)3-4-15(14)32-19/h3-4,9,11-12H,5-8,10H2,1-2H3. The predicted octanol–water partition coefficient (Wildman–Crippen LogP) is 2.10. The van der Waals surface area contributed by atoms with Gasteiger partial charge in [0.05, 0.1) is 21.6 Å². The molecular weight excluding hydrogens is 452 g/mol. The van der Waals surface area contributed by atoms with E-state index in [1.54, 1.807) is 18.4 Å². The number of rotatable bonds is 3. The summed E-state index contributed by atoms with van der Waals surface area (Å²) in [5.41, 5.74) is 0.548. The summed E-state index contributed by atoms with van der Waals surface area (Å²) >= 11 is 7.76. The summed E-state index contributed by atoms with van der Waals surface area (Å²) in [7, 11) is 2.98. The lowest BCUT2D eigenvalue weighted by molar-refractivity contribution is -0.132. The highest BCUT2D eigenvalue weighted by molar-refractivity contribution is 7.18. The van der Waals surface area contributed by atoms with E-state index in [-0.39, 0.29) is 23.6 Å². The summed E-state index contributed by atoms with van der Waals surface area (Å²) in [6.07, 6.45) is 3.11. The van der Waals surface area contributed by atoms with Gasteiger partial charge in [0.25, 0.3) is 5.56 Å². The van der Waals surface area contributed by atoms with E-state index < -0.39 is 11.2 Å². The summed E-state index contributed by atoms with van der Waals surface area (Å²) < 4.78 is 4.99. The molecule has 1 aromatic carbocycles. The van der Waals surface area contributed by atoms with Crippen molar-refractivity contribution >= 4 is 50.2 Å². The van der Waals surface area contributed by atoms with Crippen LogP contribution in [0.5, 0.6) is 0 Å². The molecule has 1 aliphatic rings. The normalized spacial score (nSPS) is 15.2. The van der Waals surface area contributed by atoms with E-state index in [0.29, 0.717) is 24.0 Å². The number of likely N-dealkylation sites (tertiary alicyclic amines) is 1. The van der Waals surface area contributed by atoms with Gasteiger partial charge in [-0.1, -0.05) is 11.6 Å². The summed E-state index contributed by atoms with van der Waals surface area (Å²) in [5, 5.41) is 1.76. The second-order valence-electron chi connectivity index (χ2n) is 8.07. The van der Waals surface area contributed by atoms with Gasteiger partial charge in [0.15, 0.2) is 11.2 Å². The van der Waals surface area contributed by atoms with Crippen LogP contribution < -0.4 is 11.2 Å². The number of piperidine rings is 1. The second-order valence-corrected chi connectivity index (χ2v) is 9.57. The van der Waals surface area contributed by atoms with Gasteiger partial charge in [-0.2, -0.15) is 0 Å². The van der Waals surface area contributed by atoms with Crippen LogP contribution in [0.25, 0.3) is 21.4 Å². The van der Waals surface area contributed by atoms with E-state index in [4.69, 9.17) is 16.6 Å². The minimum Gasteiger partial charge on any atom is -0.341 e. The lowest BCUT2D eigenvalue weighted by Crippen LogP contribution is -2.40. The molecule has 0 radical (unpaired) electrons. The molecule has 9 nitrogen and oxygen atoms in total. The number of aromatic nitrogens is 5. The topological polar surface area (TPSA) is 95.0 Å². The molecule has 0 bridgehead atoms. The molecular formula is C21H21ClN6O3S. The van der Waals surface area contributed by atoms with Gasteiger partial charge in [0.1, 0.15) is 6.54 Å². The lowest BCUT2D eigenvalue weighted by atomic mass is 9.97. The minimum atomic E-state index is -0.456. The van der Waals surface area contributed by atoms with E-state index in [2.05, 4.69) is 4.98 Å². The van der Waals surface area contributed by atoms with E-state index in [0.717, 1.165) is 32.6 Å². The number of amides is 1. The van der Waals surface area contributed by atoms with Gasteiger partial charge >= 0.3 is 5.69 Å². The molecule has 0 atom stereocenters. The SMILES string of the molecule is Cn1c(=O)c2c(ncn2CC(=O)N2CCC(c3nc4cc(Cl)ccc4s3)CC2)n(C)c1=O. The second kappa shape index (κ2) is 7.86. The molecule has 0 spiro atoms. The molecule has 4 heterocycles. The van der Waals surface area contributed by atoms with E-state index in [9.17, 15) is 14.4 Å². The van der Waals surface area contributed by atoms with Crippen molar-refractivity contribution in [3.05, 3.63) is 55.4 Å². The Morgan fingerprint density at radius 1 is 1.19 bits per heavy atom. The molecule has 3 aromatic heterocycles.